The largest absolute Gasteiger partial charge is 0.460 e. The molecule has 1 heterocycles. The Kier molecular flexibility index (Phi) is 6.38. The van der Waals surface area contributed by atoms with E-state index in [1.165, 1.54) is 0 Å². The van der Waals surface area contributed by atoms with Gasteiger partial charge in [-0.15, -0.1) is 0 Å². The number of Topliss-reactive ketones (excluding diaryl/α,β-unsaturated/α-hetero) is 1. The van der Waals surface area contributed by atoms with E-state index in [9.17, 15) is 14.4 Å². The third-order valence-electron chi connectivity index (χ3n) is 3.53. The third kappa shape index (κ3) is 5.66. The maximum absolute atomic E-state index is 12.3. The number of hydrogen-bond donors (Lipinski definition) is 0. The summed E-state index contributed by atoms with van der Waals surface area (Å²) >= 11 is 0. The van der Waals surface area contributed by atoms with Crippen LogP contribution < -0.4 is 0 Å². The van der Waals surface area contributed by atoms with Gasteiger partial charge in [-0.3, -0.25) is 4.79 Å². The van der Waals surface area contributed by atoms with Gasteiger partial charge in [0.25, 0.3) is 0 Å². The number of ether oxygens (including phenoxy) is 2. The summed E-state index contributed by atoms with van der Waals surface area (Å²) in [6.45, 7) is 9.84. The Morgan fingerprint density at radius 1 is 1.23 bits per heavy atom. The zero-order chi connectivity index (χ0) is 16.9. The molecule has 1 amide bonds. The Labute approximate surface area is 132 Å². The lowest BCUT2D eigenvalue weighted by atomic mass is 9.90. The highest BCUT2D eigenvalue weighted by atomic mass is 16.6. The molecule has 0 radical (unpaired) electrons. The van der Waals surface area contributed by atoms with Gasteiger partial charge in [-0.2, -0.15) is 0 Å². The minimum absolute atomic E-state index is 0.0115. The molecule has 0 spiro atoms. The second kappa shape index (κ2) is 7.61. The summed E-state index contributed by atoms with van der Waals surface area (Å²) in [5.41, 5.74) is -0.587. The summed E-state index contributed by atoms with van der Waals surface area (Å²) < 4.78 is 10.1. The normalized spacial score (nSPS) is 22.1. The number of amides is 1. The number of hydrogen-bond acceptors (Lipinski definition) is 5. The average Bonchev–Trinajstić information content (AvgIpc) is 2.36. The first kappa shape index (κ1) is 18.5. The summed E-state index contributed by atoms with van der Waals surface area (Å²) in [6, 6.07) is -0.310. The monoisotopic (exact) mass is 313 g/mol. The molecule has 22 heavy (non-hydrogen) atoms. The van der Waals surface area contributed by atoms with Gasteiger partial charge in [0, 0.05) is 19.0 Å². The van der Waals surface area contributed by atoms with E-state index in [2.05, 4.69) is 6.92 Å². The van der Waals surface area contributed by atoms with E-state index in [0.29, 0.717) is 18.9 Å². The number of likely N-dealkylation sites (tertiary alicyclic amines) is 1. The molecular formula is C16H27NO5. The topological polar surface area (TPSA) is 72.9 Å². The van der Waals surface area contributed by atoms with Gasteiger partial charge in [-0.1, -0.05) is 6.92 Å². The zero-order valence-corrected chi connectivity index (χ0v) is 14.2. The Hall–Kier alpha value is -1.59. The molecule has 1 saturated heterocycles. The van der Waals surface area contributed by atoms with Crippen LogP contribution in [0.5, 0.6) is 0 Å². The fourth-order valence-electron chi connectivity index (χ4n) is 2.51. The molecule has 0 aromatic heterocycles. The molecule has 1 aliphatic heterocycles. The average molecular weight is 313 g/mol. The van der Waals surface area contributed by atoms with Crippen LogP contribution in [-0.2, 0) is 19.1 Å². The Morgan fingerprint density at radius 3 is 2.41 bits per heavy atom. The van der Waals surface area contributed by atoms with Gasteiger partial charge in [0.05, 0.1) is 6.61 Å². The first-order chi connectivity index (χ1) is 10.1. The summed E-state index contributed by atoms with van der Waals surface area (Å²) in [5.74, 6) is -1.02. The van der Waals surface area contributed by atoms with Crippen LogP contribution in [0.25, 0.3) is 0 Å². The Balaban J connectivity index is 2.75. The van der Waals surface area contributed by atoms with Crippen LogP contribution in [0.1, 0.15) is 53.9 Å². The first-order valence-corrected chi connectivity index (χ1v) is 7.83. The fraction of sp³-hybridized carbons (Fsp3) is 0.812. The molecule has 1 aliphatic rings. The number of piperidine rings is 1. The lowest BCUT2D eigenvalue weighted by Gasteiger charge is -2.38. The molecule has 6 heteroatoms. The van der Waals surface area contributed by atoms with Crippen molar-refractivity contribution < 1.29 is 23.9 Å². The molecule has 0 saturated carbocycles. The molecule has 0 aliphatic carbocycles. The minimum Gasteiger partial charge on any atom is -0.460 e. The molecule has 1 fully saturated rings. The van der Waals surface area contributed by atoms with Crippen molar-refractivity contribution in [1.82, 2.24) is 4.90 Å². The van der Waals surface area contributed by atoms with Crippen molar-refractivity contribution in [2.24, 2.45) is 5.92 Å². The summed E-state index contributed by atoms with van der Waals surface area (Å²) in [6.07, 6.45) is 1.11. The maximum Gasteiger partial charge on any atom is 0.410 e. The second-order valence-electron chi connectivity index (χ2n) is 6.80. The highest BCUT2D eigenvalue weighted by molar-refractivity contribution is 6.33. The highest BCUT2D eigenvalue weighted by Gasteiger charge is 2.35. The van der Waals surface area contributed by atoms with Gasteiger partial charge in [-0.05, 0) is 46.5 Å². The van der Waals surface area contributed by atoms with Crippen molar-refractivity contribution in [1.29, 1.82) is 0 Å². The van der Waals surface area contributed by atoms with E-state index in [-0.39, 0.29) is 19.1 Å². The molecule has 2 atom stereocenters. The van der Waals surface area contributed by atoms with Crippen LogP contribution in [-0.4, -0.2) is 47.5 Å². The second-order valence-corrected chi connectivity index (χ2v) is 6.80. The van der Waals surface area contributed by atoms with Crippen LogP contribution >= 0.6 is 0 Å². The molecule has 0 aromatic rings. The fourth-order valence-corrected chi connectivity index (χ4v) is 2.51. The van der Waals surface area contributed by atoms with Crippen LogP contribution in [0.2, 0.25) is 0 Å². The Bertz CT molecular complexity index is 427. The number of esters is 1. The lowest BCUT2D eigenvalue weighted by molar-refractivity contribution is -0.154. The maximum atomic E-state index is 12.3. The van der Waals surface area contributed by atoms with E-state index in [0.717, 1.165) is 6.42 Å². The molecule has 126 valence electrons. The standard InChI is InChI=1S/C16H27NO5/c1-6-21-14(19)13(18)10-12-9-11(2)7-8-17(12)15(20)22-16(3,4)5/h11-12H,6-10H2,1-5H3. The van der Waals surface area contributed by atoms with Gasteiger partial charge in [-0.25, -0.2) is 9.59 Å². The van der Waals surface area contributed by atoms with Crippen LogP contribution in [0.3, 0.4) is 0 Å². The minimum atomic E-state index is -0.829. The predicted octanol–water partition coefficient (Wildman–Crippen LogP) is 2.54. The quantitative estimate of drug-likeness (QED) is 0.589. The molecule has 2 unspecified atom stereocenters. The molecular weight excluding hydrogens is 286 g/mol. The Morgan fingerprint density at radius 2 is 1.86 bits per heavy atom. The van der Waals surface area contributed by atoms with Crippen molar-refractivity contribution in [3.63, 3.8) is 0 Å². The molecule has 6 nitrogen and oxygen atoms in total. The summed E-state index contributed by atoms with van der Waals surface area (Å²) in [4.78, 5) is 37.3. The van der Waals surface area contributed by atoms with Crippen LogP contribution in [0.4, 0.5) is 4.79 Å². The number of nitrogens with zero attached hydrogens (tertiary/aromatic N) is 1. The SMILES string of the molecule is CCOC(=O)C(=O)CC1CC(C)CCN1C(=O)OC(C)(C)C. The van der Waals surface area contributed by atoms with E-state index < -0.39 is 23.4 Å². The van der Waals surface area contributed by atoms with Crippen LogP contribution in [0, 0.1) is 5.92 Å². The van der Waals surface area contributed by atoms with Crippen molar-refractivity contribution in [2.45, 2.75) is 65.5 Å². The van der Waals surface area contributed by atoms with Gasteiger partial charge in [0.2, 0.25) is 5.78 Å². The highest BCUT2D eigenvalue weighted by Crippen LogP contribution is 2.26. The van der Waals surface area contributed by atoms with Crippen molar-refractivity contribution in [2.75, 3.05) is 13.2 Å². The van der Waals surface area contributed by atoms with E-state index in [1.54, 1.807) is 32.6 Å². The van der Waals surface area contributed by atoms with Crippen molar-refractivity contribution >= 4 is 17.8 Å². The molecule has 0 aromatic carbocycles. The lowest BCUT2D eigenvalue weighted by Crippen LogP contribution is -2.49. The van der Waals surface area contributed by atoms with Crippen molar-refractivity contribution in [3.8, 4) is 0 Å². The van der Waals surface area contributed by atoms with E-state index >= 15 is 0 Å². The number of rotatable bonds is 4. The van der Waals surface area contributed by atoms with E-state index in [4.69, 9.17) is 9.47 Å². The number of ketones is 1. The smallest absolute Gasteiger partial charge is 0.410 e. The number of carbonyl (C=O) groups is 3. The summed E-state index contributed by atoms with van der Waals surface area (Å²) in [7, 11) is 0. The number of carbonyl (C=O) groups excluding carboxylic acids is 3. The van der Waals surface area contributed by atoms with Crippen molar-refractivity contribution in [3.05, 3.63) is 0 Å². The molecule has 0 N–H and O–H groups in total. The molecule has 0 bridgehead atoms. The summed E-state index contributed by atoms with van der Waals surface area (Å²) in [5, 5.41) is 0. The van der Waals surface area contributed by atoms with Gasteiger partial charge in [0.1, 0.15) is 5.60 Å². The van der Waals surface area contributed by atoms with Gasteiger partial charge in [0.15, 0.2) is 0 Å². The van der Waals surface area contributed by atoms with Gasteiger partial charge >= 0.3 is 12.1 Å². The predicted molar refractivity (Wildman–Crippen MR) is 81.4 cm³/mol. The van der Waals surface area contributed by atoms with E-state index in [1.807, 2.05) is 0 Å². The zero-order valence-electron chi connectivity index (χ0n) is 14.2. The third-order valence-corrected chi connectivity index (χ3v) is 3.53. The first-order valence-electron chi connectivity index (χ1n) is 7.83. The molecule has 1 rings (SSSR count). The van der Waals surface area contributed by atoms with Gasteiger partial charge < -0.3 is 14.4 Å². The van der Waals surface area contributed by atoms with Crippen LogP contribution in [0.15, 0.2) is 0 Å².